The molecule has 1 aliphatic carbocycles. The third kappa shape index (κ3) is 4.67. The van der Waals surface area contributed by atoms with Crippen LogP contribution in [-0.2, 0) is 4.79 Å². The zero-order valence-electron chi connectivity index (χ0n) is 13.8. The third-order valence-corrected chi connectivity index (χ3v) is 3.83. The first kappa shape index (κ1) is 16.7. The van der Waals surface area contributed by atoms with Crippen molar-refractivity contribution in [1.82, 2.24) is 5.32 Å². The fourth-order valence-electron chi connectivity index (χ4n) is 2.24. The molecule has 0 saturated heterocycles. The highest BCUT2D eigenvalue weighted by molar-refractivity contribution is 6.46. The number of Topliss-reactive ketones (excluding diaryl/α,β-unsaturated/α-hetero) is 1. The minimum Gasteiger partial charge on any atom is -0.335 e. The summed E-state index contributed by atoms with van der Waals surface area (Å²) in [5.41, 5.74) is 2.46. The number of carbonyl (C=O) groups is 3. The van der Waals surface area contributed by atoms with Gasteiger partial charge in [0, 0.05) is 23.0 Å². The molecule has 0 spiro atoms. The summed E-state index contributed by atoms with van der Waals surface area (Å²) in [4.78, 5) is 35.8. The van der Waals surface area contributed by atoms with E-state index < -0.39 is 11.7 Å². The maximum absolute atomic E-state index is 12.1. The van der Waals surface area contributed by atoms with Gasteiger partial charge in [0.1, 0.15) is 0 Å². The summed E-state index contributed by atoms with van der Waals surface area (Å²) in [6.07, 6.45) is 2.04. The molecule has 6 heteroatoms. The molecule has 6 nitrogen and oxygen atoms in total. The van der Waals surface area contributed by atoms with E-state index in [1.807, 2.05) is 6.92 Å². The van der Waals surface area contributed by atoms with E-state index >= 15 is 0 Å². The maximum Gasteiger partial charge on any atom is 0.319 e. The number of hydrogen-bond donors (Lipinski definition) is 3. The molecule has 2 aromatic rings. The first-order valence-corrected chi connectivity index (χ1v) is 8.11. The molecule has 0 atom stereocenters. The van der Waals surface area contributed by atoms with E-state index in [2.05, 4.69) is 16.0 Å². The summed E-state index contributed by atoms with van der Waals surface area (Å²) < 4.78 is 0. The SMILES string of the molecule is Cc1ccc(C(=O)C(=O)Nc2ccc(NC(=O)NC3CC3)cc2)cc1. The van der Waals surface area contributed by atoms with E-state index in [-0.39, 0.29) is 12.1 Å². The van der Waals surface area contributed by atoms with Crippen LogP contribution in [0.15, 0.2) is 48.5 Å². The molecule has 3 rings (SSSR count). The standard InChI is InChI=1S/C19H19N3O3/c1-12-2-4-13(5-3-12)17(23)18(24)20-14-6-8-15(9-7-14)21-19(25)22-16-10-11-16/h2-9,16H,10-11H2,1H3,(H,20,24)(H2,21,22,25). The lowest BCUT2D eigenvalue weighted by Crippen LogP contribution is -2.30. The van der Waals surface area contributed by atoms with Crippen LogP contribution in [0.2, 0.25) is 0 Å². The van der Waals surface area contributed by atoms with Crippen molar-refractivity contribution in [3.63, 3.8) is 0 Å². The molecule has 0 bridgehead atoms. The van der Waals surface area contributed by atoms with Gasteiger partial charge < -0.3 is 16.0 Å². The van der Waals surface area contributed by atoms with E-state index in [4.69, 9.17) is 0 Å². The van der Waals surface area contributed by atoms with Gasteiger partial charge in [0.2, 0.25) is 0 Å². The second-order valence-electron chi connectivity index (χ2n) is 6.10. The molecule has 3 amide bonds. The van der Waals surface area contributed by atoms with Gasteiger partial charge in [-0.25, -0.2) is 4.79 Å². The summed E-state index contributed by atoms with van der Waals surface area (Å²) in [6.45, 7) is 1.91. The van der Waals surface area contributed by atoms with Gasteiger partial charge in [-0.1, -0.05) is 29.8 Å². The fraction of sp³-hybridized carbons (Fsp3) is 0.211. The van der Waals surface area contributed by atoms with E-state index in [9.17, 15) is 14.4 Å². The van der Waals surface area contributed by atoms with E-state index in [1.165, 1.54) is 0 Å². The van der Waals surface area contributed by atoms with Crippen LogP contribution < -0.4 is 16.0 Å². The van der Waals surface area contributed by atoms with E-state index in [1.54, 1.807) is 48.5 Å². The largest absolute Gasteiger partial charge is 0.335 e. The smallest absolute Gasteiger partial charge is 0.319 e. The van der Waals surface area contributed by atoms with Gasteiger partial charge >= 0.3 is 6.03 Å². The topological polar surface area (TPSA) is 87.3 Å². The highest BCUT2D eigenvalue weighted by Crippen LogP contribution is 2.19. The van der Waals surface area contributed by atoms with Crippen molar-refractivity contribution in [1.29, 1.82) is 0 Å². The van der Waals surface area contributed by atoms with Crippen LogP contribution in [0.1, 0.15) is 28.8 Å². The monoisotopic (exact) mass is 337 g/mol. The number of hydrogen-bond acceptors (Lipinski definition) is 3. The lowest BCUT2D eigenvalue weighted by molar-refractivity contribution is -0.112. The lowest BCUT2D eigenvalue weighted by Gasteiger charge is -2.08. The number of ketones is 1. The molecule has 0 aliphatic heterocycles. The molecule has 0 heterocycles. The van der Waals surface area contributed by atoms with Crippen molar-refractivity contribution in [3.05, 3.63) is 59.7 Å². The summed E-state index contributed by atoms with van der Waals surface area (Å²) >= 11 is 0. The minimum absolute atomic E-state index is 0.242. The van der Waals surface area contributed by atoms with Crippen molar-refractivity contribution < 1.29 is 14.4 Å². The van der Waals surface area contributed by atoms with Crippen LogP contribution in [0.4, 0.5) is 16.2 Å². The molecule has 0 aromatic heterocycles. The maximum atomic E-state index is 12.1. The Morgan fingerprint density at radius 1 is 0.840 bits per heavy atom. The molecule has 1 saturated carbocycles. The van der Waals surface area contributed by atoms with Crippen molar-refractivity contribution in [2.75, 3.05) is 10.6 Å². The van der Waals surface area contributed by atoms with Crippen molar-refractivity contribution in [2.24, 2.45) is 0 Å². The zero-order valence-corrected chi connectivity index (χ0v) is 13.8. The number of carbonyl (C=O) groups excluding carboxylic acids is 3. The Bertz CT molecular complexity index is 794. The summed E-state index contributed by atoms with van der Waals surface area (Å²) in [6, 6.07) is 13.5. The Morgan fingerprint density at radius 2 is 1.40 bits per heavy atom. The number of rotatable bonds is 5. The molecule has 25 heavy (non-hydrogen) atoms. The van der Waals surface area contributed by atoms with Crippen LogP contribution in [0, 0.1) is 6.92 Å². The summed E-state index contributed by atoms with van der Waals surface area (Å²) in [5.74, 6) is -1.29. The van der Waals surface area contributed by atoms with Gasteiger partial charge in [-0.3, -0.25) is 9.59 Å². The first-order valence-electron chi connectivity index (χ1n) is 8.11. The highest BCUT2D eigenvalue weighted by Gasteiger charge is 2.23. The molecule has 0 radical (unpaired) electrons. The van der Waals surface area contributed by atoms with Gasteiger partial charge in [-0.15, -0.1) is 0 Å². The predicted molar refractivity (Wildman–Crippen MR) is 95.8 cm³/mol. The van der Waals surface area contributed by atoms with Crippen LogP contribution in [0.5, 0.6) is 0 Å². The first-order chi connectivity index (χ1) is 12.0. The number of amides is 3. The third-order valence-electron chi connectivity index (χ3n) is 3.83. The Morgan fingerprint density at radius 3 is 1.96 bits per heavy atom. The number of urea groups is 1. The second-order valence-corrected chi connectivity index (χ2v) is 6.10. The van der Waals surface area contributed by atoms with Crippen LogP contribution >= 0.6 is 0 Å². The van der Waals surface area contributed by atoms with Crippen molar-refractivity contribution in [2.45, 2.75) is 25.8 Å². The molecule has 1 fully saturated rings. The number of nitrogens with one attached hydrogen (secondary N) is 3. The molecule has 2 aromatic carbocycles. The summed E-state index contributed by atoms with van der Waals surface area (Å²) in [7, 11) is 0. The molecule has 1 aliphatic rings. The average molecular weight is 337 g/mol. The summed E-state index contributed by atoms with van der Waals surface area (Å²) in [5, 5.41) is 8.10. The highest BCUT2D eigenvalue weighted by atomic mass is 16.2. The second kappa shape index (κ2) is 7.17. The number of benzene rings is 2. The van der Waals surface area contributed by atoms with E-state index in [0.29, 0.717) is 16.9 Å². The number of aryl methyl sites for hydroxylation is 1. The molecule has 3 N–H and O–H groups in total. The van der Waals surface area contributed by atoms with Crippen molar-refractivity contribution in [3.8, 4) is 0 Å². The molecule has 0 unspecified atom stereocenters. The van der Waals surface area contributed by atoms with Crippen LogP contribution in [0.3, 0.4) is 0 Å². The number of anilines is 2. The van der Waals surface area contributed by atoms with Gasteiger partial charge in [0.05, 0.1) is 0 Å². The predicted octanol–water partition coefficient (Wildman–Crippen LogP) is 3.10. The Hall–Kier alpha value is -3.15. The molecule has 128 valence electrons. The molecular weight excluding hydrogens is 318 g/mol. The fourth-order valence-corrected chi connectivity index (χ4v) is 2.24. The van der Waals surface area contributed by atoms with Crippen LogP contribution in [-0.4, -0.2) is 23.8 Å². The van der Waals surface area contributed by atoms with Gasteiger partial charge in [0.15, 0.2) is 0 Å². The lowest BCUT2D eigenvalue weighted by atomic mass is 10.1. The van der Waals surface area contributed by atoms with Crippen molar-refractivity contribution >= 4 is 29.1 Å². The zero-order chi connectivity index (χ0) is 17.8. The minimum atomic E-state index is -0.698. The Kier molecular flexibility index (Phi) is 4.79. The average Bonchev–Trinajstić information content (AvgIpc) is 3.40. The van der Waals surface area contributed by atoms with Crippen LogP contribution in [0.25, 0.3) is 0 Å². The van der Waals surface area contributed by atoms with Gasteiger partial charge in [-0.05, 0) is 44.0 Å². The Labute approximate surface area is 145 Å². The normalized spacial score (nSPS) is 13.0. The van der Waals surface area contributed by atoms with Gasteiger partial charge in [0.25, 0.3) is 11.7 Å². The Balaban J connectivity index is 1.56. The van der Waals surface area contributed by atoms with Gasteiger partial charge in [-0.2, -0.15) is 0 Å². The van der Waals surface area contributed by atoms with E-state index in [0.717, 1.165) is 18.4 Å². The quantitative estimate of drug-likeness (QED) is 0.579. The molecular formula is C19H19N3O3.